The van der Waals surface area contributed by atoms with E-state index in [0.29, 0.717) is 5.56 Å². The van der Waals surface area contributed by atoms with E-state index in [1.54, 1.807) is 6.07 Å². The number of hydrogen-bond donors (Lipinski definition) is 1. The molecule has 0 amide bonds. The Bertz CT molecular complexity index is 875. The van der Waals surface area contributed by atoms with Gasteiger partial charge in [-0.25, -0.2) is 17.5 Å². The van der Waals surface area contributed by atoms with Gasteiger partial charge in [-0.05, 0) is 31.5 Å². The Labute approximate surface area is 150 Å². The van der Waals surface area contributed by atoms with Crippen molar-refractivity contribution in [2.24, 2.45) is 0 Å². The third-order valence-electron chi connectivity index (χ3n) is 3.47. The molecular weight excluding hydrogens is 367 g/mol. The number of aryl methyl sites for hydroxylation is 2. The van der Waals surface area contributed by atoms with E-state index in [2.05, 4.69) is 9.88 Å². The summed E-state index contributed by atoms with van der Waals surface area (Å²) in [4.78, 5) is 11.7. The number of esters is 1. The summed E-state index contributed by atoms with van der Waals surface area (Å²) >= 11 is 0. The third kappa shape index (κ3) is 4.79. The number of rotatable bonds is 8. The number of nitrogens with zero attached hydrogens (tertiary/aromatic N) is 1. The first-order valence-corrected chi connectivity index (χ1v) is 9.13. The number of carbonyl (C=O) groups excluding carboxylic acids is 1. The first kappa shape index (κ1) is 19.9. The summed E-state index contributed by atoms with van der Waals surface area (Å²) in [5.41, 5.74) is 0.687. The summed E-state index contributed by atoms with van der Waals surface area (Å²) in [5, 5.41) is 3.58. The Kier molecular flexibility index (Phi) is 6.32. The number of hydrogen-bond acceptors (Lipinski definition) is 7. The zero-order chi connectivity index (χ0) is 19.3. The molecule has 142 valence electrons. The van der Waals surface area contributed by atoms with Gasteiger partial charge in [-0.15, -0.1) is 0 Å². The molecular formula is C16H19FN2O6S. The van der Waals surface area contributed by atoms with E-state index in [1.165, 1.54) is 33.1 Å². The molecule has 0 radical (unpaired) electrons. The molecule has 0 aliphatic carbocycles. The van der Waals surface area contributed by atoms with E-state index in [-0.39, 0.29) is 41.7 Å². The summed E-state index contributed by atoms with van der Waals surface area (Å²) in [6.45, 7) is 2.71. The van der Waals surface area contributed by atoms with Crippen LogP contribution >= 0.6 is 0 Å². The van der Waals surface area contributed by atoms with Crippen LogP contribution in [0.5, 0.6) is 5.75 Å². The van der Waals surface area contributed by atoms with Crippen molar-refractivity contribution in [2.75, 3.05) is 13.7 Å². The Morgan fingerprint density at radius 2 is 2.08 bits per heavy atom. The molecule has 0 bridgehead atoms. The van der Waals surface area contributed by atoms with Crippen molar-refractivity contribution in [3.8, 4) is 5.75 Å². The van der Waals surface area contributed by atoms with Crippen LogP contribution < -0.4 is 9.46 Å². The van der Waals surface area contributed by atoms with Crippen LogP contribution in [0.1, 0.15) is 23.4 Å². The second-order valence-corrected chi connectivity index (χ2v) is 7.13. The minimum Gasteiger partial charge on any atom is -0.494 e. The lowest BCUT2D eigenvalue weighted by atomic mass is 10.2. The number of nitrogens with one attached hydrogen (secondary N) is 1. The number of halogens is 1. The summed E-state index contributed by atoms with van der Waals surface area (Å²) < 4.78 is 54.8. The zero-order valence-corrected chi connectivity index (χ0v) is 15.4. The van der Waals surface area contributed by atoms with E-state index in [4.69, 9.17) is 14.0 Å². The summed E-state index contributed by atoms with van der Waals surface area (Å²) in [6, 6.07) is 4.19. The van der Waals surface area contributed by atoms with Crippen LogP contribution in [0, 0.1) is 19.7 Å². The topological polar surface area (TPSA) is 108 Å². The molecule has 2 rings (SSSR count). The highest BCUT2D eigenvalue weighted by Gasteiger charge is 2.24. The quantitative estimate of drug-likeness (QED) is 0.690. The average molecular weight is 386 g/mol. The Balaban J connectivity index is 1.83. The third-order valence-corrected chi connectivity index (χ3v) is 5.18. The molecule has 0 aliphatic heterocycles. The first-order chi connectivity index (χ1) is 12.2. The Hall–Kier alpha value is -2.46. The Morgan fingerprint density at radius 1 is 1.35 bits per heavy atom. The monoisotopic (exact) mass is 386 g/mol. The maximum Gasteiger partial charge on any atom is 0.307 e. The smallest absolute Gasteiger partial charge is 0.307 e. The van der Waals surface area contributed by atoms with Gasteiger partial charge in [-0.1, -0.05) is 11.2 Å². The fourth-order valence-corrected chi connectivity index (χ4v) is 3.61. The van der Waals surface area contributed by atoms with Gasteiger partial charge >= 0.3 is 5.97 Å². The van der Waals surface area contributed by atoms with Gasteiger partial charge < -0.3 is 14.0 Å². The highest BCUT2D eigenvalue weighted by Crippen LogP contribution is 2.19. The molecule has 0 fully saturated rings. The van der Waals surface area contributed by atoms with Crippen LogP contribution in [0.3, 0.4) is 0 Å². The summed E-state index contributed by atoms with van der Waals surface area (Å²) in [5.74, 6) is -0.927. The molecule has 1 heterocycles. The fourth-order valence-electron chi connectivity index (χ4n) is 2.25. The molecule has 1 N–H and O–H groups in total. The van der Waals surface area contributed by atoms with Crippen molar-refractivity contribution in [2.45, 2.75) is 31.8 Å². The number of aromatic nitrogens is 1. The first-order valence-electron chi connectivity index (χ1n) is 7.65. The lowest BCUT2D eigenvalue weighted by Crippen LogP contribution is -2.27. The lowest BCUT2D eigenvalue weighted by Gasteiger charge is -2.08. The van der Waals surface area contributed by atoms with Crippen LogP contribution in [0.25, 0.3) is 0 Å². The van der Waals surface area contributed by atoms with Gasteiger partial charge in [-0.3, -0.25) is 4.79 Å². The molecule has 0 atom stereocenters. The molecule has 0 saturated carbocycles. The van der Waals surface area contributed by atoms with Crippen molar-refractivity contribution in [3.05, 3.63) is 41.0 Å². The predicted molar refractivity (Wildman–Crippen MR) is 88.5 cm³/mol. The number of ether oxygens (including phenoxy) is 2. The fraction of sp³-hybridized carbons (Fsp3) is 0.375. The standard InChI is InChI=1S/C16H19FN2O6S/c1-10-16(11(2)25-19-10)26(21,22)18-7-6-15(20)24-9-12-4-5-14(23-3)13(17)8-12/h4-5,8,18H,6-7,9H2,1-3H3. The van der Waals surface area contributed by atoms with Crippen molar-refractivity contribution >= 4 is 16.0 Å². The van der Waals surface area contributed by atoms with Crippen LogP contribution in [0.2, 0.25) is 0 Å². The van der Waals surface area contributed by atoms with Crippen molar-refractivity contribution < 1.29 is 31.6 Å². The SMILES string of the molecule is COc1ccc(COC(=O)CCNS(=O)(=O)c2c(C)noc2C)cc1F. The Morgan fingerprint density at radius 3 is 2.65 bits per heavy atom. The van der Waals surface area contributed by atoms with E-state index in [9.17, 15) is 17.6 Å². The summed E-state index contributed by atoms with van der Waals surface area (Å²) in [7, 11) is -2.48. The zero-order valence-electron chi connectivity index (χ0n) is 14.5. The molecule has 0 aliphatic rings. The molecule has 26 heavy (non-hydrogen) atoms. The van der Waals surface area contributed by atoms with Gasteiger partial charge in [0.2, 0.25) is 10.0 Å². The lowest BCUT2D eigenvalue weighted by molar-refractivity contribution is -0.144. The molecule has 1 aromatic carbocycles. The normalized spacial score (nSPS) is 11.4. The minimum absolute atomic E-state index is 0.0421. The molecule has 1 aromatic heterocycles. The second kappa shape index (κ2) is 8.28. The van der Waals surface area contributed by atoms with Gasteiger partial charge in [0.05, 0.1) is 13.5 Å². The highest BCUT2D eigenvalue weighted by atomic mass is 32.2. The van der Waals surface area contributed by atoms with Crippen LogP contribution in [0.4, 0.5) is 4.39 Å². The van der Waals surface area contributed by atoms with Gasteiger partial charge in [0.15, 0.2) is 17.3 Å². The van der Waals surface area contributed by atoms with E-state index < -0.39 is 21.8 Å². The number of sulfonamides is 1. The van der Waals surface area contributed by atoms with Crippen LogP contribution in [-0.4, -0.2) is 33.2 Å². The van der Waals surface area contributed by atoms with Crippen molar-refractivity contribution in [3.63, 3.8) is 0 Å². The molecule has 2 aromatic rings. The van der Waals surface area contributed by atoms with Gasteiger partial charge in [0.25, 0.3) is 0 Å². The summed E-state index contributed by atoms with van der Waals surface area (Å²) in [6.07, 6.45) is -0.179. The average Bonchev–Trinajstić information content (AvgIpc) is 2.92. The van der Waals surface area contributed by atoms with Crippen LogP contribution in [-0.2, 0) is 26.2 Å². The molecule has 8 nitrogen and oxygen atoms in total. The van der Waals surface area contributed by atoms with Gasteiger partial charge in [0.1, 0.15) is 17.2 Å². The second-order valence-electron chi connectivity index (χ2n) is 5.43. The maximum absolute atomic E-state index is 13.6. The largest absolute Gasteiger partial charge is 0.494 e. The molecule has 0 saturated heterocycles. The number of benzene rings is 1. The molecule has 0 unspecified atom stereocenters. The van der Waals surface area contributed by atoms with E-state index in [0.717, 1.165) is 0 Å². The maximum atomic E-state index is 13.6. The highest BCUT2D eigenvalue weighted by molar-refractivity contribution is 7.89. The number of methoxy groups -OCH3 is 1. The minimum atomic E-state index is -3.83. The van der Waals surface area contributed by atoms with E-state index >= 15 is 0 Å². The van der Waals surface area contributed by atoms with Gasteiger partial charge in [0, 0.05) is 6.54 Å². The number of carbonyl (C=O) groups is 1. The van der Waals surface area contributed by atoms with E-state index in [1.807, 2.05) is 0 Å². The predicted octanol–water partition coefficient (Wildman–Crippen LogP) is 1.85. The van der Waals surface area contributed by atoms with Crippen molar-refractivity contribution in [1.29, 1.82) is 0 Å². The molecule has 10 heteroatoms. The van der Waals surface area contributed by atoms with Crippen molar-refractivity contribution in [1.82, 2.24) is 9.88 Å². The van der Waals surface area contributed by atoms with Gasteiger partial charge in [-0.2, -0.15) is 0 Å². The molecule has 0 spiro atoms. The van der Waals surface area contributed by atoms with Crippen LogP contribution in [0.15, 0.2) is 27.6 Å².